The van der Waals surface area contributed by atoms with Crippen LogP contribution in [0.4, 0.5) is 11.4 Å². The van der Waals surface area contributed by atoms with E-state index in [1.807, 2.05) is 32.1 Å². The van der Waals surface area contributed by atoms with E-state index in [-0.39, 0.29) is 23.7 Å². The maximum absolute atomic E-state index is 13.2. The molecule has 2 aliphatic heterocycles. The highest BCUT2D eigenvalue weighted by Gasteiger charge is 2.50. The zero-order valence-corrected chi connectivity index (χ0v) is 20.0. The van der Waals surface area contributed by atoms with E-state index in [0.29, 0.717) is 56.5 Å². The van der Waals surface area contributed by atoms with Gasteiger partial charge in [0.05, 0.1) is 49.6 Å². The van der Waals surface area contributed by atoms with Crippen LogP contribution in [0.2, 0.25) is 0 Å². The van der Waals surface area contributed by atoms with E-state index in [4.69, 9.17) is 14.2 Å². The minimum Gasteiger partial charge on any atom is -0.492 e. The van der Waals surface area contributed by atoms with Crippen LogP contribution < -0.4 is 19.7 Å². The Morgan fingerprint density at radius 1 is 1.03 bits per heavy atom. The Bertz CT molecular complexity index is 946. The number of benzene rings is 1. The number of imide groups is 1. The fraction of sp³-hybridized carbons (Fsp3) is 0.560. The molecule has 0 unspecified atom stereocenters. The van der Waals surface area contributed by atoms with Crippen LogP contribution in [-0.4, -0.2) is 68.2 Å². The third kappa shape index (κ3) is 4.61. The van der Waals surface area contributed by atoms with Gasteiger partial charge >= 0.3 is 0 Å². The van der Waals surface area contributed by atoms with Gasteiger partial charge in [0.15, 0.2) is 0 Å². The molecule has 0 radical (unpaired) electrons. The first-order chi connectivity index (χ1) is 16.5. The van der Waals surface area contributed by atoms with Crippen molar-refractivity contribution in [3.05, 3.63) is 24.3 Å². The minimum atomic E-state index is -0.936. The number of carbonyl (C=O) groups is 3. The third-order valence-electron chi connectivity index (χ3n) is 6.58. The van der Waals surface area contributed by atoms with Crippen LogP contribution in [0.3, 0.4) is 0 Å². The van der Waals surface area contributed by atoms with Crippen molar-refractivity contribution >= 4 is 29.1 Å². The lowest BCUT2D eigenvalue weighted by Gasteiger charge is -2.31. The predicted octanol–water partition coefficient (Wildman–Crippen LogP) is 2.60. The van der Waals surface area contributed by atoms with Crippen molar-refractivity contribution in [3.63, 3.8) is 0 Å². The smallest absolute Gasteiger partial charge is 0.247 e. The van der Waals surface area contributed by atoms with E-state index in [2.05, 4.69) is 10.2 Å². The van der Waals surface area contributed by atoms with Crippen LogP contribution in [0.5, 0.6) is 11.5 Å². The number of hydrogen-bond acceptors (Lipinski definition) is 7. The number of likely N-dealkylation sites (tertiary alicyclic amines) is 1. The molecule has 3 atom stereocenters. The molecule has 1 aromatic rings. The molecule has 34 heavy (non-hydrogen) atoms. The Hall–Kier alpha value is -3.07. The SMILES string of the molecule is CCOc1cc(N2CCOCC2)c(OCC)cc1NC(=O)[C@H](C)N1C(=O)[C@@H]2CC=CC[C@H]2C1=O. The second-order valence-electron chi connectivity index (χ2n) is 8.65. The lowest BCUT2D eigenvalue weighted by atomic mass is 9.85. The average molecular weight is 472 g/mol. The summed E-state index contributed by atoms with van der Waals surface area (Å²) in [4.78, 5) is 42.3. The molecular weight excluding hydrogens is 438 g/mol. The van der Waals surface area contributed by atoms with Gasteiger partial charge in [-0.2, -0.15) is 0 Å². The van der Waals surface area contributed by atoms with E-state index in [1.54, 1.807) is 13.0 Å². The monoisotopic (exact) mass is 471 g/mol. The van der Waals surface area contributed by atoms with Gasteiger partial charge in [-0.25, -0.2) is 0 Å². The molecule has 3 aliphatic rings. The number of fused-ring (bicyclic) bond motifs is 1. The van der Waals surface area contributed by atoms with Gasteiger partial charge in [-0.15, -0.1) is 0 Å². The molecule has 0 saturated carbocycles. The number of hydrogen-bond donors (Lipinski definition) is 1. The van der Waals surface area contributed by atoms with E-state index < -0.39 is 11.9 Å². The van der Waals surface area contributed by atoms with Crippen molar-refractivity contribution < 1.29 is 28.6 Å². The fourth-order valence-corrected chi connectivity index (χ4v) is 4.81. The normalized spacial score (nSPS) is 23.0. The Morgan fingerprint density at radius 3 is 2.21 bits per heavy atom. The molecule has 1 N–H and O–H groups in total. The summed E-state index contributed by atoms with van der Waals surface area (Å²) in [5.74, 6) is -0.607. The molecular formula is C25H33N3O6. The highest BCUT2D eigenvalue weighted by atomic mass is 16.5. The summed E-state index contributed by atoms with van der Waals surface area (Å²) in [6.07, 6.45) is 4.94. The molecule has 2 fully saturated rings. The van der Waals surface area contributed by atoms with Crippen LogP contribution in [0.25, 0.3) is 0 Å². The lowest BCUT2D eigenvalue weighted by Crippen LogP contribution is -2.46. The lowest BCUT2D eigenvalue weighted by molar-refractivity contribution is -0.146. The van der Waals surface area contributed by atoms with Gasteiger partial charge in [0.2, 0.25) is 17.7 Å². The summed E-state index contributed by atoms with van der Waals surface area (Å²) < 4.78 is 17.2. The first-order valence-electron chi connectivity index (χ1n) is 12.0. The largest absolute Gasteiger partial charge is 0.492 e. The van der Waals surface area contributed by atoms with Gasteiger partial charge in [0, 0.05) is 25.2 Å². The highest BCUT2D eigenvalue weighted by Crippen LogP contribution is 2.40. The second kappa shape index (κ2) is 10.5. The van der Waals surface area contributed by atoms with E-state index in [1.165, 1.54) is 0 Å². The number of carbonyl (C=O) groups excluding carboxylic acids is 3. The molecule has 4 rings (SSSR count). The molecule has 184 valence electrons. The van der Waals surface area contributed by atoms with Crippen LogP contribution in [0, 0.1) is 11.8 Å². The summed E-state index contributed by atoms with van der Waals surface area (Å²) in [6.45, 7) is 8.94. The van der Waals surface area contributed by atoms with Crippen molar-refractivity contribution in [2.75, 3.05) is 49.7 Å². The summed E-state index contributed by atoms with van der Waals surface area (Å²) in [5.41, 5.74) is 1.32. The Balaban J connectivity index is 1.58. The minimum absolute atomic E-state index is 0.273. The molecule has 9 nitrogen and oxygen atoms in total. The zero-order chi connectivity index (χ0) is 24.2. The van der Waals surface area contributed by atoms with Crippen LogP contribution >= 0.6 is 0 Å². The van der Waals surface area contributed by atoms with Gasteiger partial charge in [-0.3, -0.25) is 19.3 Å². The van der Waals surface area contributed by atoms with Gasteiger partial charge in [-0.05, 0) is 33.6 Å². The molecule has 2 saturated heterocycles. The summed E-state index contributed by atoms with van der Waals surface area (Å²) in [5, 5.41) is 2.87. The van der Waals surface area contributed by atoms with Crippen molar-refractivity contribution in [1.29, 1.82) is 0 Å². The number of ether oxygens (including phenoxy) is 3. The number of morpholine rings is 1. The standard InChI is InChI=1S/C25H33N3O6/c1-4-33-21-15-20(27-10-12-32-13-11-27)22(34-5-2)14-19(21)26-23(29)16(3)28-24(30)17-8-6-7-9-18(17)25(28)31/h6-7,14-18H,4-5,8-13H2,1-3H3,(H,26,29)/t16-,17+,18+/m0/s1. The number of nitrogens with zero attached hydrogens (tertiary/aromatic N) is 2. The predicted molar refractivity (Wildman–Crippen MR) is 127 cm³/mol. The van der Waals surface area contributed by atoms with E-state index >= 15 is 0 Å². The van der Waals surface area contributed by atoms with Gasteiger partial charge in [0.25, 0.3) is 0 Å². The molecule has 3 amide bonds. The molecule has 1 aliphatic carbocycles. The molecule has 0 bridgehead atoms. The highest BCUT2D eigenvalue weighted by molar-refractivity contribution is 6.10. The summed E-state index contributed by atoms with van der Waals surface area (Å²) in [6, 6.07) is 2.68. The number of nitrogens with one attached hydrogen (secondary N) is 1. The number of amides is 3. The second-order valence-corrected chi connectivity index (χ2v) is 8.65. The maximum Gasteiger partial charge on any atom is 0.247 e. The van der Waals surface area contributed by atoms with Gasteiger partial charge in [-0.1, -0.05) is 12.2 Å². The fourth-order valence-electron chi connectivity index (χ4n) is 4.81. The van der Waals surface area contributed by atoms with Crippen LogP contribution in [0.1, 0.15) is 33.6 Å². The first-order valence-corrected chi connectivity index (χ1v) is 12.0. The van der Waals surface area contributed by atoms with Crippen molar-refractivity contribution in [2.45, 2.75) is 39.7 Å². The van der Waals surface area contributed by atoms with Crippen molar-refractivity contribution in [3.8, 4) is 11.5 Å². The quantitative estimate of drug-likeness (QED) is 0.460. The molecule has 9 heteroatoms. The number of allylic oxidation sites excluding steroid dienone is 2. The number of rotatable bonds is 8. The van der Waals surface area contributed by atoms with Gasteiger partial charge < -0.3 is 24.4 Å². The average Bonchev–Trinajstić information content (AvgIpc) is 3.11. The Kier molecular flexibility index (Phi) is 7.41. The zero-order valence-electron chi connectivity index (χ0n) is 20.0. The van der Waals surface area contributed by atoms with Crippen molar-refractivity contribution in [2.24, 2.45) is 11.8 Å². The van der Waals surface area contributed by atoms with Gasteiger partial charge in [0.1, 0.15) is 17.5 Å². The van der Waals surface area contributed by atoms with E-state index in [9.17, 15) is 14.4 Å². The molecule has 1 aromatic carbocycles. The number of anilines is 2. The summed E-state index contributed by atoms with van der Waals surface area (Å²) >= 11 is 0. The van der Waals surface area contributed by atoms with Crippen molar-refractivity contribution in [1.82, 2.24) is 4.90 Å². The maximum atomic E-state index is 13.2. The Morgan fingerprint density at radius 2 is 1.62 bits per heavy atom. The van der Waals surface area contributed by atoms with Crippen LogP contribution in [-0.2, 0) is 19.1 Å². The topological polar surface area (TPSA) is 97.4 Å². The third-order valence-corrected chi connectivity index (χ3v) is 6.58. The van der Waals surface area contributed by atoms with Crippen LogP contribution in [0.15, 0.2) is 24.3 Å². The first kappa shape index (κ1) is 24.1. The van der Waals surface area contributed by atoms with E-state index in [0.717, 1.165) is 23.7 Å². The molecule has 0 spiro atoms. The molecule has 0 aromatic heterocycles. The molecule has 2 heterocycles. The summed E-state index contributed by atoms with van der Waals surface area (Å²) in [7, 11) is 0. The Labute approximate surface area is 200 Å².